The average molecular weight is 594 g/mol. The summed E-state index contributed by atoms with van der Waals surface area (Å²) >= 11 is 0. The number of rotatable bonds is 11. The van der Waals surface area contributed by atoms with Gasteiger partial charge in [0.25, 0.3) is 5.91 Å². The van der Waals surface area contributed by atoms with E-state index in [2.05, 4.69) is 15.4 Å². The number of aliphatic hydroxyl groups is 1. The zero-order valence-corrected chi connectivity index (χ0v) is 25.1. The third kappa shape index (κ3) is 7.40. The Hall–Kier alpha value is -3.82. The van der Waals surface area contributed by atoms with Crippen LogP contribution >= 0.6 is 0 Å². The van der Waals surface area contributed by atoms with Crippen LogP contribution in [-0.2, 0) is 23.3 Å². The minimum absolute atomic E-state index is 0.0193. The number of hydrogen-bond donors (Lipinski definition) is 3. The molecule has 2 atom stereocenters. The van der Waals surface area contributed by atoms with Crippen molar-refractivity contribution in [2.45, 2.75) is 51.2 Å². The van der Waals surface area contributed by atoms with Gasteiger partial charge >= 0.3 is 6.09 Å². The number of amides is 2. The predicted octanol–water partition coefficient (Wildman–Crippen LogP) is 5.79. The highest BCUT2D eigenvalue weighted by atomic mass is 19.1. The summed E-state index contributed by atoms with van der Waals surface area (Å²) in [6.45, 7) is 3.33. The van der Waals surface area contributed by atoms with Crippen molar-refractivity contribution >= 4 is 12.0 Å². The van der Waals surface area contributed by atoms with Crippen LogP contribution in [0.25, 0.3) is 11.1 Å². The molecule has 0 aromatic heterocycles. The summed E-state index contributed by atoms with van der Waals surface area (Å²) in [6.07, 6.45) is 1.94. The number of halogens is 2. The predicted molar refractivity (Wildman–Crippen MR) is 163 cm³/mol. The van der Waals surface area contributed by atoms with E-state index in [9.17, 15) is 14.7 Å². The monoisotopic (exact) mass is 593 g/mol. The molecular formula is C34H41F2N3O4. The molecule has 0 aliphatic carbocycles. The van der Waals surface area contributed by atoms with E-state index < -0.39 is 35.2 Å². The van der Waals surface area contributed by atoms with Gasteiger partial charge in [0, 0.05) is 37.7 Å². The van der Waals surface area contributed by atoms with Gasteiger partial charge in [0.05, 0.1) is 18.3 Å². The third-order valence-electron chi connectivity index (χ3n) is 8.32. The molecule has 1 heterocycles. The lowest BCUT2D eigenvalue weighted by molar-refractivity contribution is -0.0565. The normalized spacial score (nSPS) is 16.4. The molecule has 1 fully saturated rings. The minimum Gasteiger partial charge on any atom is -0.453 e. The molecule has 2 amide bonds. The molecule has 3 aromatic rings. The van der Waals surface area contributed by atoms with Crippen molar-refractivity contribution in [3.63, 3.8) is 0 Å². The average Bonchev–Trinajstić information content (AvgIpc) is 3.02. The second-order valence-electron chi connectivity index (χ2n) is 11.1. The van der Waals surface area contributed by atoms with E-state index in [-0.39, 0.29) is 25.1 Å². The second-order valence-corrected chi connectivity index (χ2v) is 11.1. The van der Waals surface area contributed by atoms with E-state index in [4.69, 9.17) is 0 Å². The summed E-state index contributed by atoms with van der Waals surface area (Å²) < 4.78 is 35.4. The van der Waals surface area contributed by atoms with E-state index in [0.29, 0.717) is 49.0 Å². The van der Waals surface area contributed by atoms with Gasteiger partial charge in [-0.3, -0.25) is 4.79 Å². The molecule has 1 aliphatic heterocycles. The molecule has 0 spiro atoms. The first-order chi connectivity index (χ1) is 20.7. The number of benzene rings is 3. The fourth-order valence-electron chi connectivity index (χ4n) is 6.07. The Labute approximate surface area is 252 Å². The topological polar surface area (TPSA) is 90.9 Å². The SMILES string of the molecule is CCc1cccc(-c2c(F)cccc2[C@](O)(CCCNC(=O)OC)C2CCCN(C(=O)c3ccc(CNC)cc3F)C2)c1. The van der Waals surface area contributed by atoms with Crippen molar-refractivity contribution in [1.82, 2.24) is 15.5 Å². The number of ether oxygens (including phenoxy) is 1. The molecule has 3 N–H and O–H groups in total. The first-order valence-corrected chi connectivity index (χ1v) is 14.9. The van der Waals surface area contributed by atoms with E-state index in [0.717, 1.165) is 17.5 Å². The Morgan fingerprint density at radius 2 is 1.86 bits per heavy atom. The van der Waals surface area contributed by atoms with Crippen LogP contribution in [0, 0.1) is 17.6 Å². The number of aryl methyl sites for hydroxylation is 1. The Bertz CT molecular complexity index is 1430. The van der Waals surface area contributed by atoms with Crippen LogP contribution in [0.15, 0.2) is 60.7 Å². The van der Waals surface area contributed by atoms with Crippen LogP contribution in [0.5, 0.6) is 0 Å². The van der Waals surface area contributed by atoms with Crippen molar-refractivity contribution in [1.29, 1.82) is 0 Å². The Morgan fingerprint density at radius 3 is 2.58 bits per heavy atom. The maximum Gasteiger partial charge on any atom is 0.406 e. The number of methoxy groups -OCH3 is 1. The number of piperidine rings is 1. The van der Waals surface area contributed by atoms with Gasteiger partial charge in [-0.25, -0.2) is 13.6 Å². The van der Waals surface area contributed by atoms with Crippen molar-refractivity contribution in [2.75, 3.05) is 33.8 Å². The van der Waals surface area contributed by atoms with E-state index in [1.54, 1.807) is 30.1 Å². The van der Waals surface area contributed by atoms with Crippen LogP contribution < -0.4 is 10.6 Å². The molecule has 0 radical (unpaired) electrons. The summed E-state index contributed by atoms with van der Waals surface area (Å²) in [4.78, 5) is 26.8. The van der Waals surface area contributed by atoms with E-state index in [1.165, 1.54) is 25.3 Å². The van der Waals surface area contributed by atoms with E-state index in [1.807, 2.05) is 31.2 Å². The highest BCUT2D eigenvalue weighted by molar-refractivity contribution is 5.94. The number of nitrogens with one attached hydrogen (secondary N) is 2. The number of hydrogen-bond acceptors (Lipinski definition) is 5. The molecule has 7 nitrogen and oxygen atoms in total. The highest BCUT2D eigenvalue weighted by Gasteiger charge is 2.43. The van der Waals surface area contributed by atoms with E-state index >= 15 is 8.78 Å². The number of alkyl carbamates (subject to hydrolysis) is 1. The van der Waals surface area contributed by atoms with Gasteiger partial charge in [-0.1, -0.05) is 49.4 Å². The fourth-order valence-corrected chi connectivity index (χ4v) is 6.07. The zero-order chi connectivity index (χ0) is 31.0. The lowest BCUT2D eigenvalue weighted by Gasteiger charge is -2.43. The quantitative estimate of drug-likeness (QED) is 0.245. The van der Waals surface area contributed by atoms with Gasteiger partial charge in [0.1, 0.15) is 11.6 Å². The molecule has 3 aromatic carbocycles. The van der Waals surface area contributed by atoms with Crippen LogP contribution in [0.4, 0.5) is 13.6 Å². The van der Waals surface area contributed by atoms with Gasteiger partial charge in [-0.2, -0.15) is 0 Å². The van der Waals surface area contributed by atoms with Gasteiger partial charge in [-0.15, -0.1) is 0 Å². The number of carbonyl (C=O) groups excluding carboxylic acids is 2. The molecule has 43 heavy (non-hydrogen) atoms. The Morgan fingerprint density at radius 1 is 1.07 bits per heavy atom. The van der Waals surface area contributed by atoms with Gasteiger partial charge in [0.2, 0.25) is 0 Å². The maximum atomic E-state index is 15.7. The smallest absolute Gasteiger partial charge is 0.406 e. The standard InChI is InChI=1S/C34H41F2N3O4/c1-4-23-9-5-10-25(19-23)31-28(12-6-13-29(31)35)34(42,16-8-17-38-33(41)43-3)26-11-7-18-39(22-26)32(40)27-15-14-24(21-37-2)20-30(27)36/h5-6,9-10,12-15,19-20,26,37,42H,4,7-8,11,16-18,21-22H2,1-3H3,(H,38,41)/t26?,34-/m0/s1. The molecule has 9 heteroatoms. The van der Waals surface area contributed by atoms with Gasteiger partial charge in [-0.05, 0) is 79.6 Å². The minimum atomic E-state index is -1.55. The molecule has 1 aliphatic rings. The van der Waals surface area contributed by atoms with Crippen LogP contribution in [0.1, 0.15) is 59.7 Å². The molecule has 0 saturated carbocycles. The number of likely N-dealkylation sites (tertiary alicyclic amines) is 1. The van der Waals surface area contributed by atoms with Crippen LogP contribution in [0.2, 0.25) is 0 Å². The molecule has 230 valence electrons. The lowest BCUT2D eigenvalue weighted by Crippen LogP contribution is -2.48. The summed E-state index contributed by atoms with van der Waals surface area (Å²) in [5, 5.41) is 18.2. The van der Waals surface area contributed by atoms with Gasteiger partial charge < -0.3 is 25.4 Å². The zero-order valence-electron chi connectivity index (χ0n) is 25.1. The van der Waals surface area contributed by atoms with Crippen molar-refractivity contribution in [3.05, 3.63) is 94.6 Å². The number of carbonyl (C=O) groups is 2. The van der Waals surface area contributed by atoms with Crippen LogP contribution in [0.3, 0.4) is 0 Å². The molecule has 4 rings (SSSR count). The van der Waals surface area contributed by atoms with Gasteiger partial charge in [0.15, 0.2) is 0 Å². The summed E-state index contributed by atoms with van der Waals surface area (Å²) in [5.74, 6) is -1.95. The Kier molecular flexibility index (Phi) is 10.9. The third-order valence-corrected chi connectivity index (χ3v) is 8.32. The summed E-state index contributed by atoms with van der Waals surface area (Å²) in [5.41, 5.74) is 1.60. The first kappa shape index (κ1) is 32.1. The number of nitrogens with zero attached hydrogens (tertiary/aromatic N) is 1. The summed E-state index contributed by atoms with van der Waals surface area (Å²) in [6, 6.07) is 16.9. The van der Waals surface area contributed by atoms with Crippen molar-refractivity contribution < 1.29 is 28.2 Å². The van der Waals surface area contributed by atoms with Crippen LogP contribution in [-0.4, -0.2) is 55.8 Å². The molecular weight excluding hydrogens is 552 g/mol. The first-order valence-electron chi connectivity index (χ1n) is 14.9. The lowest BCUT2D eigenvalue weighted by atomic mass is 9.72. The second kappa shape index (κ2) is 14.6. The van der Waals surface area contributed by atoms with Crippen molar-refractivity contribution in [3.8, 4) is 11.1 Å². The largest absolute Gasteiger partial charge is 0.453 e. The summed E-state index contributed by atoms with van der Waals surface area (Å²) in [7, 11) is 3.04. The maximum absolute atomic E-state index is 15.7. The Balaban J connectivity index is 1.70. The molecule has 0 bridgehead atoms. The fraction of sp³-hybridized carbons (Fsp3) is 0.412. The molecule has 1 saturated heterocycles. The molecule has 1 unspecified atom stereocenters. The highest BCUT2D eigenvalue weighted by Crippen LogP contribution is 2.44. The van der Waals surface area contributed by atoms with Crippen molar-refractivity contribution in [2.24, 2.45) is 5.92 Å².